The second kappa shape index (κ2) is 4.30. The maximum Gasteiger partial charge on any atom is 0.318 e. The number of nitrogens with two attached hydrogens (primary N) is 1. The molecule has 0 bridgehead atoms. The number of hydrogen-bond acceptors (Lipinski definition) is 3. The van der Waals surface area contributed by atoms with Crippen molar-refractivity contribution in [1.29, 1.82) is 0 Å². The van der Waals surface area contributed by atoms with Crippen LogP contribution in [0.2, 0.25) is 0 Å². The molecule has 0 atom stereocenters. The lowest BCUT2D eigenvalue weighted by Crippen LogP contribution is -2.34. The van der Waals surface area contributed by atoms with E-state index < -0.39 is 11.9 Å². The van der Waals surface area contributed by atoms with Crippen molar-refractivity contribution in [2.75, 3.05) is 0 Å². The first-order chi connectivity index (χ1) is 6.18. The number of amides is 3. The minimum atomic E-state index is -0.829. The Kier molecular flexibility index (Phi) is 3.08. The third kappa shape index (κ3) is 3.42. The molecule has 70 valence electrons. The van der Waals surface area contributed by atoms with Crippen LogP contribution in [-0.4, -0.2) is 11.9 Å². The first-order valence-electron chi connectivity index (χ1n) is 3.80. The summed E-state index contributed by atoms with van der Waals surface area (Å²) in [5.74, 6) is 0.309. The number of nitrogens with one attached hydrogen (secondary N) is 1. The standard InChI is InChI=1S/C8H10N2O3/c9-8(12)10-7(11)4-3-6-2-1-5-13-6/h1-2,5H,3-4H2,(H3,9,10,11,12). The third-order valence-electron chi connectivity index (χ3n) is 1.44. The molecule has 0 radical (unpaired) electrons. The molecule has 1 heterocycles. The van der Waals surface area contributed by atoms with Gasteiger partial charge in [0.1, 0.15) is 5.76 Å². The number of urea groups is 1. The lowest BCUT2D eigenvalue weighted by Gasteiger charge is -1.97. The van der Waals surface area contributed by atoms with Gasteiger partial charge < -0.3 is 10.2 Å². The zero-order valence-corrected chi connectivity index (χ0v) is 6.95. The van der Waals surface area contributed by atoms with Gasteiger partial charge in [0.15, 0.2) is 0 Å². The van der Waals surface area contributed by atoms with Crippen molar-refractivity contribution in [3.05, 3.63) is 24.2 Å². The molecule has 1 aromatic heterocycles. The summed E-state index contributed by atoms with van der Waals surface area (Å²) in [5, 5.41) is 1.96. The molecule has 0 aliphatic heterocycles. The monoisotopic (exact) mass is 182 g/mol. The molecule has 1 rings (SSSR count). The summed E-state index contributed by atoms with van der Waals surface area (Å²) < 4.78 is 4.99. The Morgan fingerprint density at radius 1 is 1.54 bits per heavy atom. The third-order valence-corrected chi connectivity index (χ3v) is 1.44. The summed E-state index contributed by atoms with van der Waals surface area (Å²) in [4.78, 5) is 21.1. The van der Waals surface area contributed by atoms with Crippen LogP contribution in [0.25, 0.3) is 0 Å². The number of primary amides is 1. The molecular weight excluding hydrogens is 172 g/mol. The summed E-state index contributed by atoms with van der Waals surface area (Å²) in [5.41, 5.74) is 4.75. The van der Waals surface area contributed by atoms with E-state index in [1.54, 1.807) is 12.1 Å². The molecule has 3 N–H and O–H groups in total. The van der Waals surface area contributed by atoms with E-state index >= 15 is 0 Å². The Morgan fingerprint density at radius 2 is 2.31 bits per heavy atom. The summed E-state index contributed by atoms with van der Waals surface area (Å²) in [7, 11) is 0. The van der Waals surface area contributed by atoms with E-state index in [4.69, 9.17) is 10.2 Å². The summed E-state index contributed by atoms with van der Waals surface area (Å²) in [6.07, 6.45) is 2.18. The van der Waals surface area contributed by atoms with Gasteiger partial charge in [-0.1, -0.05) is 0 Å². The second-order valence-corrected chi connectivity index (χ2v) is 2.49. The van der Waals surface area contributed by atoms with Crippen molar-refractivity contribution >= 4 is 11.9 Å². The summed E-state index contributed by atoms with van der Waals surface area (Å²) in [6.45, 7) is 0. The molecule has 0 aromatic carbocycles. The fourth-order valence-corrected chi connectivity index (χ4v) is 0.891. The Balaban J connectivity index is 2.27. The number of carbonyl (C=O) groups is 2. The van der Waals surface area contributed by atoms with Crippen LogP contribution in [0.3, 0.4) is 0 Å². The molecule has 3 amide bonds. The van der Waals surface area contributed by atoms with Gasteiger partial charge in [-0.2, -0.15) is 0 Å². The number of hydrogen-bond donors (Lipinski definition) is 2. The van der Waals surface area contributed by atoms with E-state index in [9.17, 15) is 9.59 Å². The van der Waals surface area contributed by atoms with Crippen LogP contribution in [0.1, 0.15) is 12.2 Å². The van der Waals surface area contributed by atoms with Crippen molar-refractivity contribution in [1.82, 2.24) is 5.32 Å². The second-order valence-electron chi connectivity index (χ2n) is 2.49. The molecule has 0 saturated heterocycles. The fourth-order valence-electron chi connectivity index (χ4n) is 0.891. The van der Waals surface area contributed by atoms with E-state index in [-0.39, 0.29) is 6.42 Å². The summed E-state index contributed by atoms with van der Waals surface area (Å²) >= 11 is 0. The van der Waals surface area contributed by atoms with Crippen LogP contribution in [-0.2, 0) is 11.2 Å². The lowest BCUT2D eigenvalue weighted by molar-refractivity contribution is -0.120. The predicted octanol–water partition coefficient (Wildman–Crippen LogP) is 0.407. The maximum atomic E-state index is 10.9. The maximum absolute atomic E-state index is 10.9. The normalized spacial score (nSPS) is 9.54. The SMILES string of the molecule is NC(=O)NC(=O)CCc1ccco1. The highest BCUT2D eigenvalue weighted by Gasteiger charge is 2.05. The highest BCUT2D eigenvalue weighted by Crippen LogP contribution is 2.02. The van der Waals surface area contributed by atoms with Gasteiger partial charge in [0.25, 0.3) is 0 Å². The van der Waals surface area contributed by atoms with Gasteiger partial charge in [-0.15, -0.1) is 0 Å². The number of carbonyl (C=O) groups excluding carboxylic acids is 2. The van der Waals surface area contributed by atoms with Crippen molar-refractivity contribution in [3.63, 3.8) is 0 Å². The van der Waals surface area contributed by atoms with Gasteiger partial charge in [-0.05, 0) is 12.1 Å². The van der Waals surface area contributed by atoms with Crippen molar-refractivity contribution in [2.45, 2.75) is 12.8 Å². The molecule has 0 unspecified atom stereocenters. The molecule has 5 heteroatoms. The van der Waals surface area contributed by atoms with Crippen LogP contribution < -0.4 is 11.1 Å². The van der Waals surface area contributed by atoms with Crippen molar-refractivity contribution in [3.8, 4) is 0 Å². The van der Waals surface area contributed by atoms with Crippen LogP contribution in [0.15, 0.2) is 22.8 Å². The first kappa shape index (κ1) is 9.31. The Labute approximate surface area is 74.9 Å². The molecule has 0 aliphatic carbocycles. The average molecular weight is 182 g/mol. The van der Waals surface area contributed by atoms with Gasteiger partial charge in [0.2, 0.25) is 5.91 Å². The zero-order valence-electron chi connectivity index (χ0n) is 6.95. The van der Waals surface area contributed by atoms with Crippen molar-refractivity contribution in [2.24, 2.45) is 5.73 Å². The van der Waals surface area contributed by atoms with E-state index in [2.05, 4.69) is 0 Å². The Morgan fingerprint density at radius 3 is 2.85 bits per heavy atom. The van der Waals surface area contributed by atoms with Crippen molar-refractivity contribution < 1.29 is 14.0 Å². The molecular formula is C8H10N2O3. The fraction of sp³-hybridized carbons (Fsp3) is 0.250. The topological polar surface area (TPSA) is 85.3 Å². The van der Waals surface area contributed by atoms with Crippen LogP contribution in [0, 0.1) is 0 Å². The molecule has 0 spiro atoms. The lowest BCUT2D eigenvalue weighted by atomic mass is 10.2. The molecule has 13 heavy (non-hydrogen) atoms. The summed E-state index contributed by atoms with van der Waals surface area (Å²) in [6, 6.07) is 2.67. The molecule has 5 nitrogen and oxygen atoms in total. The highest BCUT2D eigenvalue weighted by atomic mass is 16.3. The minimum absolute atomic E-state index is 0.191. The number of furan rings is 1. The minimum Gasteiger partial charge on any atom is -0.469 e. The van der Waals surface area contributed by atoms with Gasteiger partial charge in [0.05, 0.1) is 6.26 Å². The van der Waals surface area contributed by atoms with Gasteiger partial charge in [-0.25, -0.2) is 4.79 Å². The molecule has 0 saturated carbocycles. The first-order valence-corrected chi connectivity index (χ1v) is 3.80. The Bertz CT molecular complexity index is 292. The van der Waals surface area contributed by atoms with E-state index in [1.807, 2.05) is 5.32 Å². The van der Waals surface area contributed by atoms with Gasteiger partial charge in [-0.3, -0.25) is 10.1 Å². The van der Waals surface area contributed by atoms with Crippen LogP contribution in [0.4, 0.5) is 4.79 Å². The van der Waals surface area contributed by atoms with Crippen LogP contribution >= 0.6 is 0 Å². The number of aryl methyl sites for hydroxylation is 1. The van der Waals surface area contributed by atoms with Crippen LogP contribution in [0.5, 0.6) is 0 Å². The molecule has 0 aliphatic rings. The highest BCUT2D eigenvalue weighted by molar-refractivity contribution is 5.93. The zero-order chi connectivity index (χ0) is 9.68. The van der Waals surface area contributed by atoms with Gasteiger partial charge in [0, 0.05) is 12.8 Å². The predicted molar refractivity (Wildman–Crippen MR) is 44.8 cm³/mol. The van der Waals surface area contributed by atoms with E-state index in [0.717, 1.165) is 0 Å². The van der Waals surface area contributed by atoms with Gasteiger partial charge >= 0.3 is 6.03 Å². The number of imide groups is 1. The number of rotatable bonds is 3. The molecule has 0 fully saturated rings. The molecule has 1 aromatic rings. The Hall–Kier alpha value is -1.78. The van der Waals surface area contributed by atoms with E-state index in [1.165, 1.54) is 6.26 Å². The quantitative estimate of drug-likeness (QED) is 0.709. The average Bonchev–Trinajstić information content (AvgIpc) is 2.51. The van der Waals surface area contributed by atoms with E-state index in [0.29, 0.717) is 12.2 Å². The smallest absolute Gasteiger partial charge is 0.318 e. The largest absolute Gasteiger partial charge is 0.469 e.